The first-order valence-electron chi connectivity index (χ1n) is 20.1. The monoisotopic (exact) mass is 759 g/mol. The fourth-order valence-electron chi connectivity index (χ4n) is 6.37. The topological polar surface area (TPSA) is 130 Å². The van der Waals surface area contributed by atoms with Crippen LogP contribution in [-0.4, -0.2) is 77.3 Å². The Morgan fingerprint density at radius 3 is 2.26 bits per heavy atom. The highest BCUT2D eigenvalue weighted by molar-refractivity contribution is 7.09. The first kappa shape index (κ1) is 46.1. The lowest BCUT2D eigenvalue weighted by molar-refractivity contribution is -0.147. The first-order valence-corrected chi connectivity index (χ1v) is 21.0. The number of unbranched alkanes of at least 4 members (excludes halogenated alkanes) is 4. The maximum Gasteiger partial charge on any atom is 0.309 e. The van der Waals surface area contributed by atoms with E-state index in [1.165, 1.54) is 11.3 Å². The number of ether oxygens (including phenoxy) is 2. The third-order valence-corrected chi connectivity index (χ3v) is 10.8. The Kier molecular flexibility index (Phi) is 21.2. The van der Waals surface area contributed by atoms with Crippen molar-refractivity contribution < 1.29 is 29.0 Å². The Morgan fingerprint density at radius 2 is 1.66 bits per heavy atom. The summed E-state index contributed by atoms with van der Waals surface area (Å²) in [6, 6.07) is 7.53. The molecule has 4 unspecified atom stereocenters. The number of anilines is 1. The molecule has 3 N–H and O–H groups in total. The largest absolute Gasteiger partial charge is 0.481 e. The van der Waals surface area contributed by atoms with E-state index in [1.54, 1.807) is 19.2 Å². The fourth-order valence-corrected chi connectivity index (χ4v) is 7.23. The molecule has 0 spiro atoms. The maximum absolute atomic E-state index is 13.7. The van der Waals surface area contributed by atoms with E-state index < -0.39 is 17.4 Å². The molecule has 1 heterocycles. The van der Waals surface area contributed by atoms with Crippen LogP contribution in [0, 0.1) is 11.3 Å². The molecule has 0 aliphatic heterocycles. The molecular formula is C42H70N4O6S. The van der Waals surface area contributed by atoms with E-state index in [-0.39, 0.29) is 48.1 Å². The average Bonchev–Trinajstić information content (AvgIpc) is 3.62. The van der Waals surface area contributed by atoms with Crippen molar-refractivity contribution in [1.29, 1.82) is 0 Å². The zero-order valence-corrected chi connectivity index (χ0v) is 35.0. The van der Waals surface area contributed by atoms with Gasteiger partial charge in [0.15, 0.2) is 0 Å². The van der Waals surface area contributed by atoms with Gasteiger partial charge in [0.2, 0.25) is 5.91 Å². The van der Waals surface area contributed by atoms with Crippen LogP contribution in [0.3, 0.4) is 0 Å². The first-order chi connectivity index (χ1) is 25.3. The number of hydrogen-bond donors (Lipinski definition) is 3. The Morgan fingerprint density at radius 1 is 0.962 bits per heavy atom. The smallest absolute Gasteiger partial charge is 0.309 e. The lowest BCUT2D eigenvalue weighted by atomic mass is 9.84. The van der Waals surface area contributed by atoms with Gasteiger partial charge in [-0.05, 0) is 83.4 Å². The highest BCUT2D eigenvalue weighted by Gasteiger charge is 2.33. The average molecular weight is 759 g/mol. The number of aromatic nitrogens is 1. The van der Waals surface area contributed by atoms with Crippen LogP contribution in [0.25, 0.3) is 0 Å². The van der Waals surface area contributed by atoms with Crippen LogP contribution in [0.5, 0.6) is 0 Å². The van der Waals surface area contributed by atoms with Gasteiger partial charge in [-0.2, -0.15) is 0 Å². The third kappa shape index (κ3) is 16.5. The van der Waals surface area contributed by atoms with Gasteiger partial charge in [-0.3, -0.25) is 14.4 Å². The lowest BCUT2D eigenvalue weighted by Crippen LogP contribution is -2.45. The van der Waals surface area contributed by atoms with E-state index in [1.807, 2.05) is 31.2 Å². The van der Waals surface area contributed by atoms with Crippen LogP contribution >= 0.6 is 11.3 Å². The number of hydrogen-bond acceptors (Lipinski definition) is 8. The number of nitrogens with one attached hydrogen (secondary N) is 2. The Hall–Kier alpha value is -3.02. The number of carbonyl (C=O) groups excluding carboxylic acids is 2. The minimum atomic E-state index is -1.05. The number of carboxylic acid groups (broad SMARTS) is 1. The summed E-state index contributed by atoms with van der Waals surface area (Å²) in [5.74, 6) is -0.853. The van der Waals surface area contributed by atoms with Crippen LogP contribution in [0.2, 0.25) is 0 Å². The number of nitrogens with zero attached hydrogens (tertiary/aromatic N) is 2. The predicted molar refractivity (Wildman–Crippen MR) is 217 cm³/mol. The molecule has 2 amide bonds. The molecule has 0 fully saturated rings. The Labute approximate surface area is 324 Å². The van der Waals surface area contributed by atoms with Gasteiger partial charge in [0.1, 0.15) is 16.8 Å². The molecule has 1 aromatic carbocycles. The summed E-state index contributed by atoms with van der Waals surface area (Å²) in [5, 5.41) is 18.9. The van der Waals surface area contributed by atoms with Crippen molar-refractivity contribution in [2.75, 3.05) is 31.6 Å². The van der Waals surface area contributed by atoms with Gasteiger partial charge in [0, 0.05) is 55.7 Å². The van der Waals surface area contributed by atoms with E-state index in [0.29, 0.717) is 44.0 Å². The van der Waals surface area contributed by atoms with Crippen molar-refractivity contribution >= 4 is 34.8 Å². The molecule has 0 aliphatic rings. The van der Waals surface area contributed by atoms with E-state index in [0.717, 1.165) is 62.7 Å². The fraction of sp³-hybridized carbons (Fsp3) is 0.714. The number of benzene rings is 1. The molecule has 10 nitrogen and oxygen atoms in total. The number of amides is 2. The molecule has 0 saturated carbocycles. The number of carboxylic acids is 1. The molecule has 0 saturated heterocycles. The second-order valence-corrected chi connectivity index (χ2v) is 16.2. The number of aliphatic carboxylic acids is 1. The van der Waals surface area contributed by atoms with Gasteiger partial charge in [-0.1, -0.05) is 72.4 Å². The van der Waals surface area contributed by atoms with Crippen LogP contribution in [0.15, 0.2) is 29.6 Å². The van der Waals surface area contributed by atoms with Gasteiger partial charge in [0.05, 0.1) is 18.1 Å². The van der Waals surface area contributed by atoms with E-state index in [2.05, 4.69) is 57.1 Å². The molecule has 0 radical (unpaired) electrons. The van der Waals surface area contributed by atoms with Crippen molar-refractivity contribution in [2.45, 2.75) is 157 Å². The predicted octanol–water partition coefficient (Wildman–Crippen LogP) is 9.30. The van der Waals surface area contributed by atoms with Crippen LogP contribution in [-0.2, 0) is 25.5 Å². The van der Waals surface area contributed by atoms with E-state index in [9.17, 15) is 19.5 Å². The molecule has 0 bridgehead atoms. The zero-order valence-electron chi connectivity index (χ0n) is 34.2. The Balaban J connectivity index is 2.24. The molecule has 300 valence electrons. The van der Waals surface area contributed by atoms with Crippen molar-refractivity contribution in [1.82, 2.24) is 15.2 Å². The quantitative estimate of drug-likeness (QED) is 0.0733. The molecular weight excluding hydrogens is 689 g/mol. The summed E-state index contributed by atoms with van der Waals surface area (Å²) in [4.78, 5) is 46.3. The van der Waals surface area contributed by atoms with Crippen LogP contribution in [0.4, 0.5) is 5.69 Å². The van der Waals surface area contributed by atoms with Crippen LogP contribution < -0.4 is 10.6 Å². The summed E-state index contributed by atoms with van der Waals surface area (Å²) < 4.78 is 12.0. The SMILES string of the molecule is CCCCCCN(C(=O)CCCC)C(CC(OCC)c1nc(C(=O)NC(Cc2ccc(NCCOC(C)CC)cc2)CC(C)(C)C(=O)O)cs1)C(C)C. The highest BCUT2D eigenvalue weighted by atomic mass is 32.1. The summed E-state index contributed by atoms with van der Waals surface area (Å²) in [6.45, 7) is 20.6. The molecule has 11 heteroatoms. The molecule has 53 heavy (non-hydrogen) atoms. The second kappa shape index (κ2) is 24.4. The van der Waals surface area contributed by atoms with Crippen molar-refractivity contribution in [3.05, 3.63) is 45.9 Å². The van der Waals surface area contributed by atoms with Gasteiger partial charge < -0.3 is 30.1 Å². The van der Waals surface area contributed by atoms with E-state index in [4.69, 9.17) is 14.5 Å². The molecule has 1 aromatic heterocycles. The van der Waals surface area contributed by atoms with Crippen molar-refractivity contribution in [3.63, 3.8) is 0 Å². The highest BCUT2D eigenvalue weighted by Crippen LogP contribution is 2.32. The minimum absolute atomic E-state index is 0.0268. The summed E-state index contributed by atoms with van der Waals surface area (Å²) in [5.41, 5.74) is 1.19. The van der Waals surface area contributed by atoms with Gasteiger partial charge >= 0.3 is 5.97 Å². The number of thiazole rings is 1. The summed E-state index contributed by atoms with van der Waals surface area (Å²) in [6.07, 6.45) is 8.90. The van der Waals surface area contributed by atoms with Crippen molar-refractivity contribution in [3.8, 4) is 0 Å². The van der Waals surface area contributed by atoms with Crippen molar-refractivity contribution in [2.24, 2.45) is 11.3 Å². The van der Waals surface area contributed by atoms with Gasteiger partial charge in [-0.15, -0.1) is 11.3 Å². The standard InChI is InChI=1S/C42H70N4O6S/c1-10-14-16-17-24-46(38(47)18-15-11-2)36(30(5)6)27-37(51-13-4)40-45-35(29-53-40)39(48)44-34(28-42(8,9)41(49)50)26-32-19-21-33(22-20-32)43-23-25-52-31(7)12-3/h19-22,29-31,34,36-37,43H,10-18,23-28H2,1-9H3,(H,44,48)(H,49,50). The summed E-state index contributed by atoms with van der Waals surface area (Å²) in [7, 11) is 0. The Bertz CT molecular complexity index is 1350. The summed E-state index contributed by atoms with van der Waals surface area (Å²) >= 11 is 1.39. The molecule has 0 aliphatic carbocycles. The lowest BCUT2D eigenvalue weighted by Gasteiger charge is -2.36. The number of rotatable bonds is 28. The molecule has 4 atom stereocenters. The van der Waals surface area contributed by atoms with Crippen LogP contribution in [0.1, 0.15) is 154 Å². The molecule has 2 aromatic rings. The minimum Gasteiger partial charge on any atom is -0.481 e. The number of carbonyl (C=O) groups is 3. The zero-order chi connectivity index (χ0) is 39.4. The molecule has 2 rings (SSSR count). The second-order valence-electron chi connectivity index (χ2n) is 15.3. The maximum atomic E-state index is 13.7. The van der Waals surface area contributed by atoms with E-state index >= 15 is 0 Å². The third-order valence-electron chi connectivity index (χ3n) is 9.86. The normalized spacial score (nSPS) is 14.1. The van der Waals surface area contributed by atoms with Gasteiger partial charge in [0.25, 0.3) is 5.91 Å². The van der Waals surface area contributed by atoms with Gasteiger partial charge in [-0.25, -0.2) is 4.98 Å².